The van der Waals surface area contributed by atoms with Crippen molar-refractivity contribution in [2.45, 2.75) is 32.1 Å². The summed E-state index contributed by atoms with van der Waals surface area (Å²) in [5.74, 6) is 1.93. The molecule has 7 nitrogen and oxygen atoms in total. The van der Waals surface area contributed by atoms with Crippen molar-refractivity contribution >= 4 is 22.6 Å². The Labute approximate surface area is 156 Å². The molecule has 3 heterocycles. The van der Waals surface area contributed by atoms with E-state index in [2.05, 4.69) is 25.5 Å². The number of hydrogen-bond acceptors (Lipinski definition) is 4. The summed E-state index contributed by atoms with van der Waals surface area (Å²) in [7, 11) is 0. The first-order chi connectivity index (χ1) is 13.3. The maximum absolute atomic E-state index is 12.0. The van der Waals surface area contributed by atoms with Gasteiger partial charge in [-0.3, -0.25) is 9.20 Å². The Kier molecular flexibility index (Phi) is 5.09. The lowest BCUT2D eigenvalue weighted by atomic mass is 10.2. The summed E-state index contributed by atoms with van der Waals surface area (Å²) in [6, 6.07) is 13.8. The fourth-order valence-electron chi connectivity index (χ4n) is 3.16. The Balaban J connectivity index is 1.16. The number of aromatic nitrogens is 5. The molecule has 7 heteroatoms. The largest absolute Gasteiger partial charge is 0.356 e. The molecule has 0 saturated heterocycles. The second-order valence-electron chi connectivity index (χ2n) is 6.55. The highest BCUT2D eigenvalue weighted by Gasteiger charge is 2.07. The van der Waals surface area contributed by atoms with Gasteiger partial charge in [-0.25, -0.2) is 4.98 Å². The smallest absolute Gasteiger partial charge is 0.220 e. The van der Waals surface area contributed by atoms with Crippen LogP contribution in [0, 0.1) is 0 Å². The molecular weight excluding hydrogens is 340 g/mol. The number of nitrogens with zero attached hydrogens (tertiary/aromatic N) is 4. The van der Waals surface area contributed by atoms with E-state index in [0.717, 1.165) is 54.0 Å². The van der Waals surface area contributed by atoms with E-state index in [9.17, 15) is 4.79 Å². The van der Waals surface area contributed by atoms with Gasteiger partial charge < -0.3 is 10.3 Å². The fourth-order valence-corrected chi connectivity index (χ4v) is 3.16. The summed E-state index contributed by atoms with van der Waals surface area (Å²) >= 11 is 0. The van der Waals surface area contributed by atoms with Crippen molar-refractivity contribution in [2.24, 2.45) is 0 Å². The van der Waals surface area contributed by atoms with Crippen molar-refractivity contribution in [3.63, 3.8) is 0 Å². The van der Waals surface area contributed by atoms with Gasteiger partial charge in [-0.15, -0.1) is 10.2 Å². The predicted molar refractivity (Wildman–Crippen MR) is 103 cm³/mol. The molecule has 27 heavy (non-hydrogen) atoms. The van der Waals surface area contributed by atoms with Crippen LogP contribution in [0.25, 0.3) is 16.7 Å². The van der Waals surface area contributed by atoms with Crippen molar-refractivity contribution in [1.29, 1.82) is 0 Å². The number of imidazole rings is 1. The highest BCUT2D eigenvalue weighted by molar-refractivity contribution is 5.76. The van der Waals surface area contributed by atoms with Crippen LogP contribution in [-0.2, 0) is 17.6 Å². The molecule has 0 saturated carbocycles. The molecule has 0 aliphatic heterocycles. The molecule has 0 unspecified atom stereocenters. The van der Waals surface area contributed by atoms with Gasteiger partial charge in [0.05, 0.1) is 11.0 Å². The summed E-state index contributed by atoms with van der Waals surface area (Å²) in [5.41, 5.74) is 2.87. The first-order valence-electron chi connectivity index (χ1n) is 9.28. The number of aryl methyl sites for hydroxylation is 2. The van der Waals surface area contributed by atoms with Crippen LogP contribution in [0.15, 0.2) is 48.7 Å². The molecular formula is C20H22N6O. The number of benzene rings is 1. The van der Waals surface area contributed by atoms with Crippen molar-refractivity contribution in [3.8, 4) is 0 Å². The molecule has 0 bridgehead atoms. The standard InChI is InChI=1S/C20H22N6O/c27-20(12-5-11-19-25-24-18-10-3-4-14-26(18)19)21-13-6-9-17-22-15-7-1-2-8-16(15)23-17/h1-4,7-8,10,14H,5-6,9,11-13H2,(H,21,27)(H,22,23). The second kappa shape index (κ2) is 7.99. The number of aromatic amines is 1. The van der Waals surface area contributed by atoms with Crippen molar-refractivity contribution in [3.05, 3.63) is 60.3 Å². The Morgan fingerprint density at radius 3 is 2.85 bits per heavy atom. The minimum Gasteiger partial charge on any atom is -0.356 e. The average Bonchev–Trinajstić information content (AvgIpc) is 3.29. The van der Waals surface area contributed by atoms with Crippen molar-refractivity contribution in [2.75, 3.05) is 6.54 Å². The van der Waals surface area contributed by atoms with Crippen LogP contribution in [0.1, 0.15) is 30.9 Å². The third-order valence-electron chi connectivity index (χ3n) is 4.54. The fraction of sp³-hybridized carbons (Fsp3) is 0.300. The van der Waals surface area contributed by atoms with E-state index in [1.165, 1.54) is 0 Å². The van der Waals surface area contributed by atoms with Gasteiger partial charge in [0.15, 0.2) is 5.65 Å². The molecule has 0 aliphatic rings. The first kappa shape index (κ1) is 17.2. The molecule has 4 aromatic rings. The molecule has 0 aliphatic carbocycles. The SMILES string of the molecule is O=C(CCCc1nnc2ccccn12)NCCCc1nc2ccccc2[nH]1. The van der Waals surface area contributed by atoms with E-state index in [1.807, 2.05) is 53.1 Å². The molecule has 138 valence electrons. The van der Waals surface area contributed by atoms with E-state index in [4.69, 9.17) is 0 Å². The van der Waals surface area contributed by atoms with Gasteiger partial charge in [0.1, 0.15) is 11.6 Å². The zero-order valence-corrected chi connectivity index (χ0v) is 15.1. The van der Waals surface area contributed by atoms with Crippen LogP contribution < -0.4 is 5.32 Å². The Morgan fingerprint density at radius 2 is 1.93 bits per heavy atom. The lowest BCUT2D eigenvalue weighted by Gasteiger charge is -2.04. The summed E-state index contributed by atoms with van der Waals surface area (Å²) in [6.07, 6.45) is 5.61. The minimum absolute atomic E-state index is 0.0772. The number of hydrogen-bond donors (Lipinski definition) is 2. The number of nitrogens with one attached hydrogen (secondary N) is 2. The quantitative estimate of drug-likeness (QED) is 0.472. The topological polar surface area (TPSA) is 88.0 Å². The summed E-state index contributed by atoms with van der Waals surface area (Å²) in [4.78, 5) is 19.9. The van der Waals surface area contributed by atoms with Crippen molar-refractivity contribution < 1.29 is 4.79 Å². The molecule has 0 atom stereocenters. The highest BCUT2D eigenvalue weighted by atomic mass is 16.1. The molecule has 3 aromatic heterocycles. The van der Waals surface area contributed by atoms with Gasteiger partial charge in [-0.2, -0.15) is 0 Å². The molecule has 0 spiro atoms. The van der Waals surface area contributed by atoms with Gasteiger partial charge in [-0.1, -0.05) is 18.2 Å². The molecule has 4 rings (SSSR count). The average molecular weight is 362 g/mol. The van der Waals surface area contributed by atoms with Gasteiger partial charge in [0.25, 0.3) is 0 Å². The van der Waals surface area contributed by atoms with Crippen LogP contribution in [-0.4, -0.2) is 37.0 Å². The van der Waals surface area contributed by atoms with Crippen LogP contribution in [0.5, 0.6) is 0 Å². The number of para-hydroxylation sites is 2. The van der Waals surface area contributed by atoms with E-state index < -0.39 is 0 Å². The first-order valence-corrected chi connectivity index (χ1v) is 9.28. The number of rotatable bonds is 8. The molecule has 1 aromatic carbocycles. The number of carbonyl (C=O) groups is 1. The number of amides is 1. The number of fused-ring (bicyclic) bond motifs is 2. The van der Waals surface area contributed by atoms with Crippen molar-refractivity contribution in [1.82, 2.24) is 29.9 Å². The molecule has 0 fully saturated rings. The summed E-state index contributed by atoms with van der Waals surface area (Å²) in [6.45, 7) is 0.656. The normalized spacial score (nSPS) is 11.3. The lowest BCUT2D eigenvalue weighted by molar-refractivity contribution is -0.121. The second-order valence-corrected chi connectivity index (χ2v) is 6.55. The molecule has 1 amide bonds. The summed E-state index contributed by atoms with van der Waals surface area (Å²) < 4.78 is 1.96. The molecule has 0 radical (unpaired) electrons. The van der Waals surface area contributed by atoms with Gasteiger partial charge >= 0.3 is 0 Å². The Morgan fingerprint density at radius 1 is 1.04 bits per heavy atom. The van der Waals surface area contributed by atoms with E-state index in [0.29, 0.717) is 13.0 Å². The third kappa shape index (κ3) is 4.13. The van der Waals surface area contributed by atoms with Gasteiger partial charge in [0, 0.05) is 32.0 Å². The Bertz CT molecular complexity index is 1020. The zero-order chi connectivity index (χ0) is 18.5. The van der Waals surface area contributed by atoms with E-state index >= 15 is 0 Å². The predicted octanol–water partition coefficient (Wildman–Crippen LogP) is 2.68. The van der Waals surface area contributed by atoms with E-state index in [1.54, 1.807) is 0 Å². The maximum Gasteiger partial charge on any atom is 0.220 e. The van der Waals surface area contributed by atoms with Gasteiger partial charge in [0.2, 0.25) is 5.91 Å². The maximum atomic E-state index is 12.0. The third-order valence-corrected chi connectivity index (χ3v) is 4.54. The minimum atomic E-state index is 0.0772. The van der Waals surface area contributed by atoms with E-state index in [-0.39, 0.29) is 5.91 Å². The van der Waals surface area contributed by atoms with Crippen LogP contribution >= 0.6 is 0 Å². The Hall–Kier alpha value is -3.22. The van der Waals surface area contributed by atoms with Crippen LogP contribution in [0.3, 0.4) is 0 Å². The summed E-state index contributed by atoms with van der Waals surface area (Å²) in [5, 5.41) is 11.3. The zero-order valence-electron chi connectivity index (χ0n) is 15.1. The van der Waals surface area contributed by atoms with Crippen LogP contribution in [0.2, 0.25) is 0 Å². The lowest BCUT2D eigenvalue weighted by Crippen LogP contribution is -2.24. The number of H-pyrrole nitrogens is 1. The number of carbonyl (C=O) groups excluding carboxylic acids is 1. The monoisotopic (exact) mass is 362 g/mol. The van der Waals surface area contributed by atoms with Gasteiger partial charge in [-0.05, 0) is 37.1 Å². The highest BCUT2D eigenvalue weighted by Crippen LogP contribution is 2.11. The number of pyridine rings is 1. The molecule has 2 N–H and O–H groups in total. The van der Waals surface area contributed by atoms with Crippen LogP contribution in [0.4, 0.5) is 0 Å².